The predicted molar refractivity (Wildman–Crippen MR) is 47.0 cm³/mol. The van der Waals surface area contributed by atoms with Gasteiger partial charge >= 0.3 is 0 Å². The van der Waals surface area contributed by atoms with E-state index in [4.69, 9.17) is 24.1 Å². The van der Waals surface area contributed by atoms with Gasteiger partial charge in [0.05, 0.1) is 13.2 Å². The van der Waals surface area contributed by atoms with E-state index in [1.165, 1.54) is 7.11 Å². The molecule has 3 atom stereocenters. The Bertz CT molecular complexity index is 145. The standard InChI is InChI=1S/C7H15BO5/c1-10-7-11-3-6(13-7)5(2-9)12-4-8/h5-7,9H,2-4,8H2,1H3/t5-,6?,7?/m1/s1. The summed E-state index contributed by atoms with van der Waals surface area (Å²) in [5.41, 5.74) is 0. The van der Waals surface area contributed by atoms with Gasteiger partial charge in [-0.25, -0.2) is 0 Å². The average Bonchev–Trinajstić information content (AvgIpc) is 2.62. The van der Waals surface area contributed by atoms with Crippen LogP contribution in [-0.4, -0.2) is 58.5 Å². The minimum atomic E-state index is -0.625. The van der Waals surface area contributed by atoms with Crippen molar-refractivity contribution in [2.24, 2.45) is 0 Å². The van der Waals surface area contributed by atoms with Crippen molar-refractivity contribution in [2.45, 2.75) is 18.7 Å². The van der Waals surface area contributed by atoms with Gasteiger partial charge in [-0.2, -0.15) is 0 Å². The van der Waals surface area contributed by atoms with Gasteiger partial charge in [0, 0.05) is 13.6 Å². The third-order valence-electron chi connectivity index (χ3n) is 1.85. The van der Waals surface area contributed by atoms with Gasteiger partial charge in [0.25, 0.3) is 6.48 Å². The van der Waals surface area contributed by atoms with E-state index >= 15 is 0 Å². The Labute approximate surface area is 78.3 Å². The summed E-state index contributed by atoms with van der Waals surface area (Å²) in [6.07, 6.45) is -0.569. The number of hydrogen-bond donors (Lipinski definition) is 1. The summed E-state index contributed by atoms with van der Waals surface area (Å²) in [5, 5.41) is 8.98. The molecule has 0 radical (unpaired) electrons. The number of hydrogen-bond acceptors (Lipinski definition) is 5. The number of aliphatic hydroxyl groups excluding tert-OH is 1. The molecule has 13 heavy (non-hydrogen) atoms. The predicted octanol–water partition coefficient (Wildman–Crippen LogP) is -1.70. The second-order valence-electron chi connectivity index (χ2n) is 2.71. The zero-order valence-corrected chi connectivity index (χ0v) is 7.93. The summed E-state index contributed by atoms with van der Waals surface area (Å²) < 4.78 is 20.5. The van der Waals surface area contributed by atoms with Crippen LogP contribution in [0.1, 0.15) is 0 Å². The Morgan fingerprint density at radius 3 is 2.92 bits per heavy atom. The highest BCUT2D eigenvalue weighted by molar-refractivity contribution is 6.08. The zero-order valence-electron chi connectivity index (χ0n) is 7.93. The van der Waals surface area contributed by atoms with E-state index in [0.29, 0.717) is 13.1 Å². The molecule has 5 nitrogen and oxygen atoms in total. The van der Waals surface area contributed by atoms with Crippen LogP contribution in [0, 0.1) is 0 Å². The maximum atomic E-state index is 8.98. The van der Waals surface area contributed by atoms with Crippen molar-refractivity contribution in [3.05, 3.63) is 0 Å². The van der Waals surface area contributed by atoms with Gasteiger partial charge in [-0.15, -0.1) is 0 Å². The quantitative estimate of drug-likeness (QED) is 0.523. The molecule has 0 amide bonds. The van der Waals surface area contributed by atoms with Crippen LogP contribution in [0.2, 0.25) is 0 Å². The Hall–Kier alpha value is -0.135. The first-order valence-electron chi connectivity index (χ1n) is 4.34. The van der Waals surface area contributed by atoms with Gasteiger partial charge in [-0.1, -0.05) is 0 Å². The van der Waals surface area contributed by atoms with E-state index in [9.17, 15) is 0 Å². The van der Waals surface area contributed by atoms with Crippen molar-refractivity contribution in [3.63, 3.8) is 0 Å². The topological polar surface area (TPSA) is 57.2 Å². The van der Waals surface area contributed by atoms with Crippen LogP contribution in [0.25, 0.3) is 0 Å². The first kappa shape index (κ1) is 10.9. The van der Waals surface area contributed by atoms with Crippen LogP contribution in [0.3, 0.4) is 0 Å². The normalized spacial score (nSPS) is 30.6. The van der Waals surface area contributed by atoms with Crippen molar-refractivity contribution >= 4 is 7.85 Å². The summed E-state index contributed by atoms with van der Waals surface area (Å²) >= 11 is 0. The first-order valence-corrected chi connectivity index (χ1v) is 4.34. The van der Waals surface area contributed by atoms with Crippen LogP contribution in [0.4, 0.5) is 0 Å². The van der Waals surface area contributed by atoms with Crippen molar-refractivity contribution in [1.82, 2.24) is 0 Å². The molecule has 76 valence electrons. The Kier molecular flexibility index (Phi) is 4.68. The third-order valence-corrected chi connectivity index (χ3v) is 1.85. The Balaban J connectivity index is 2.33. The molecule has 0 spiro atoms. The molecule has 1 fully saturated rings. The molecule has 6 heteroatoms. The van der Waals surface area contributed by atoms with Crippen molar-refractivity contribution in [2.75, 3.05) is 26.8 Å². The average molecular weight is 190 g/mol. The van der Waals surface area contributed by atoms with Crippen LogP contribution in [0.5, 0.6) is 0 Å². The summed E-state index contributed by atoms with van der Waals surface area (Å²) in [6, 6.07) is 0. The van der Waals surface area contributed by atoms with E-state index in [2.05, 4.69) is 0 Å². The molecule has 1 rings (SSSR count). The molecule has 0 saturated carbocycles. The largest absolute Gasteiger partial charge is 0.394 e. The molecular formula is C7H15BO5. The Morgan fingerprint density at radius 1 is 1.69 bits per heavy atom. The summed E-state index contributed by atoms with van der Waals surface area (Å²) in [6.45, 7) is 0.240. The van der Waals surface area contributed by atoms with Gasteiger partial charge in [0.15, 0.2) is 0 Å². The van der Waals surface area contributed by atoms with Gasteiger partial charge in [0.1, 0.15) is 20.1 Å². The minimum absolute atomic E-state index is 0.0711. The second kappa shape index (κ2) is 5.56. The maximum Gasteiger partial charge on any atom is 0.271 e. The van der Waals surface area contributed by atoms with Gasteiger partial charge in [-0.05, 0) is 0 Å². The molecule has 1 heterocycles. The van der Waals surface area contributed by atoms with Crippen molar-refractivity contribution < 1.29 is 24.1 Å². The molecule has 0 aromatic heterocycles. The molecule has 1 aliphatic heterocycles. The fraction of sp³-hybridized carbons (Fsp3) is 1.00. The highest BCUT2D eigenvalue weighted by atomic mass is 16.9. The molecular weight excluding hydrogens is 175 g/mol. The number of ether oxygens (including phenoxy) is 4. The SMILES string of the molecule is BCO[C@H](CO)C1COC(OC)O1. The van der Waals surface area contributed by atoms with E-state index in [1.807, 2.05) is 7.85 Å². The van der Waals surface area contributed by atoms with E-state index < -0.39 is 6.48 Å². The zero-order chi connectivity index (χ0) is 9.68. The summed E-state index contributed by atoms with van der Waals surface area (Å²) in [7, 11) is 3.37. The third kappa shape index (κ3) is 2.93. The van der Waals surface area contributed by atoms with Crippen molar-refractivity contribution in [1.29, 1.82) is 0 Å². The smallest absolute Gasteiger partial charge is 0.271 e. The van der Waals surface area contributed by atoms with E-state index in [0.717, 1.165) is 0 Å². The minimum Gasteiger partial charge on any atom is -0.394 e. The summed E-state index contributed by atoms with van der Waals surface area (Å²) in [5.74, 6) is 0. The first-order chi connectivity index (χ1) is 6.31. The van der Waals surface area contributed by atoms with Crippen LogP contribution in [-0.2, 0) is 18.9 Å². The van der Waals surface area contributed by atoms with Crippen LogP contribution in [0.15, 0.2) is 0 Å². The number of methoxy groups -OCH3 is 1. The molecule has 0 aliphatic carbocycles. The van der Waals surface area contributed by atoms with Crippen molar-refractivity contribution in [3.8, 4) is 0 Å². The monoisotopic (exact) mass is 190 g/mol. The fourth-order valence-corrected chi connectivity index (χ4v) is 1.20. The summed E-state index contributed by atoms with van der Waals surface area (Å²) in [4.78, 5) is 0. The molecule has 0 aromatic carbocycles. The molecule has 0 bridgehead atoms. The van der Waals surface area contributed by atoms with Crippen LogP contribution >= 0.6 is 0 Å². The lowest BCUT2D eigenvalue weighted by atomic mass is 10.2. The molecule has 2 unspecified atom stereocenters. The Morgan fingerprint density at radius 2 is 2.46 bits per heavy atom. The van der Waals surface area contributed by atoms with Crippen LogP contribution < -0.4 is 0 Å². The van der Waals surface area contributed by atoms with E-state index in [1.54, 1.807) is 0 Å². The lowest BCUT2D eigenvalue weighted by Gasteiger charge is -2.19. The molecule has 1 N–H and O–H groups in total. The van der Waals surface area contributed by atoms with Gasteiger partial charge < -0.3 is 24.1 Å². The molecule has 0 aromatic rings. The number of aliphatic hydroxyl groups is 1. The lowest BCUT2D eigenvalue weighted by Crippen LogP contribution is -2.35. The highest BCUT2D eigenvalue weighted by Gasteiger charge is 2.32. The number of rotatable bonds is 5. The maximum absolute atomic E-state index is 8.98. The second-order valence-corrected chi connectivity index (χ2v) is 2.71. The molecule has 1 aliphatic rings. The van der Waals surface area contributed by atoms with E-state index in [-0.39, 0.29) is 18.8 Å². The van der Waals surface area contributed by atoms with Gasteiger partial charge in [0.2, 0.25) is 0 Å². The van der Waals surface area contributed by atoms with Gasteiger partial charge in [-0.3, -0.25) is 0 Å². The fourth-order valence-electron chi connectivity index (χ4n) is 1.20. The lowest BCUT2D eigenvalue weighted by molar-refractivity contribution is -0.231. The highest BCUT2D eigenvalue weighted by Crippen LogP contribution is 2.16. The molecule has 1 saturated heterocycles.